The van der Waals surface area contributed by atoms with Crippen molar-refractivity contribution in [1.29, 1.82) is 0 Å². The third kappa shape index (κ3) is 11.9. The molecule has 0 aliphatic heterocycles. The molecule has 0 aromatic rings. The molecule has 0 spiro atoms. The Kier molecular flexibility index (Phi) is 18.8. The van der Waals surface area contributed by atoms with Crippen molar-refractivity contribution in [2.45, 2.75) is 135 Å². The van der Waals surface area contributed by atoms with Crippen molar-refractivity contribution in [3.05, 3.63) is 0 Å². The Morgan fingerprint density at radius 3 is 1.17 bits per heavy atom. The van der Waals surface area contributed by atoms with Crippen LogP contribution < -0.4 is 5.73 Å². The summed E-state index contributed by atoms with van der Waals surface area (Å²) in [7, 11) is 2.19. The van der Waals surface area contributed by atoms with Crippen LogP contribution in [-0.4, -0.2) is 35.3 Å². The fourth-order valence-corrected chi connectivity index (χ4v) is 7.31. The summed E-state index contributed by atoms with van der Waals surface area (Å²) in [5.41, 5.74) is 6.76. The molecule has 0 saturated carbocycles. The van der Waals surface area contributed by atoms with Gasteiger partial charge in [0.15, 0.2) is 0 Å². The van der Waals surface area contributed by atoms with Gasteiger partial charge in [0.1, 0.15) is 0 Å². The van der Waals surface area contributed by atoms with Gasteiger partial charge in [-0.15, -0.1) is 0 Å². The second kappa shape index (κ2) is 18.8. The Bertz CT molecular complexity index is 345. The summed E-state index contributed by atoms with van der Waals surface area (Å²) < 4.78 is 17.1. The normalized spacial score (nSPS) is 14.3. The summed E-state index contributed by atoms with van der Waals surface area (Å²) in [6.07, 6.45) is 23.4. The SMILES string of the molecule is CCCCCCCCCCCCCCCCCC(N)(CCC)[Si](OC)(OC)OC. The van der Waals surface area contributed by atoms with Crippen LogP contribution in [0.1, 0.15) is 129 Å². The molecule has 4 nitrogen and oxygen atoms in total. The molecule has 0 heterocycles. The van der Waals surface area contributed by atoms with Gasteiger partial charge in [0, 0.05) is 21.3 Å². The van der Waals surface area contributed by atoms with Crippen molar-refractivity contribution >= 4 is 8.80 Å². The van der Waals surface area contributed by atoms with Crippen LogP contribution in [0.3, 0.4) is 0 Å². The maximum Gasteiger partial charge on any atom is 0.521 e. The largest absolute Gasteiger partial charge is 0.521 e. The monoisotopic (exact) mass is 431 g/mol. The lowest BCUT2D eigenvalue weighted by Gasteiger charge is -2.41. The van der Waals surface area contributed by atoms with Crippen LogP contribution >= 0.6 is 0 Å². The van der Waals surface area contributed by atoms with E-state index in [1.165, 1.54) is 89.9 Å². The first-order valence-corrected chi connectivity index (χ1v) is 14.2. The van der Waals surface area contributed by atoms with E-state index >= 15 is 0 Å². The van der Waals surface area contributed by atoms with E-state index in [4.69, 9.17) is 19.0 Å². The Morgan fingerprint density at radius 1 is 0.517 bits per heavy atom. The summed E-state index contributed by atoms with van der Waals surface area (Å²) in [4.78, 5) is 0. The van der Waals surface area contributed by atoms with Crippen molar-refractivity contribution in [3.8, 4) is 0 Å². The zero-order valence-electron chi connectivity index (χ0n) is 20.5. The third-order valence-electron chi connectivity index (χ3n) is 6.34. The summed E-state index contributed by atoms with van der Waals surface area (Å²) in [6.45, 7) is 4.45. The fourth-order valence-electron chi connectivity index (χ4n) is 4.55. The summed E-state index contributed by atoms with van der Waals surface area (Å²) >= 11 is 0. The molecule has 0 rings (SSSR count). The molecule has 0 aromatic carbocycles. The average Bonchev–Trinajstić information content (AvgIpc) is 2.72. The van der Waals surface area contributed by atoms with Crippen LogP contribution in [0.15, 0.2) is 0 Å². The first kappa shape index (κ1) is 29.1. The van der Waals surface area contributed by atoms with Gasteiger partial charge < -0.3 is 19.0 Å². The molecule has 0 aliphatic rings. The van der Waals surface area contributed by atoms with E-state index in [1.807, 2.05) is 0 Å². The first-order chi connectivity index (χ1) is 14.1. The van der Waals surface area contributed by atoms with Gasteiger partial charge >= 0.3 is 8.80 Å². The van der Waals surface area contributed by atoms with Crippen LogP contribution in [0.4, 0.5) is 0 Å². The zero-order chi connectivity index (χ0) is 21.8. The van der Waals surface area contributed by atoms with Crippen LogP contribution in [0.5, 0.6) is 0 Å². The zero-order valence-corrected chi connectivity index (χ0v) is 21.5. The van der Waals surface area contributed by atoms with Crippen LogP contribution in [0, 0.1) is 0 Å². The number of hydrogen-bond acceptors (Lipinski definition) is 4. The Balaban J connectivity index is 3.76. The lowest BCUT2D eigenvalue weighted by Crippen LogP contribution is -2.68. The fraction of sp³-hybridized carbons (Fsp3) is 1.00. The van der Waals surface area contributed by atoms with Gasteiger partial charge in [0.05, 0.1) is 5.16 Å². The molecule has 0 fully saturated rings. The molecule has 0 amide bonds. The van der Waals surface area contributed by atoms with Gasteiger partial charge in [-0.1, -0.05) is 117 Å². The molecule has 29 heavy (non-hydrogen) atoms. The maximum absolute atomic E-state index is 6.76. The quantitative estimate of drug-likeness (QED) is 0.146. The van der Waals surface area contributed by atoms with E-state index in [9.17, 15) is 0 Å². The Morgan fingerprint density at radius 2 is 0.862 bits per heavy atom. The minimum Gasteiger partial charge on any atom is -0.376 e. The molecule has 0 radical (unpaired) electrons. The molecule has 0 aromatic heterocycles. The van der Waals surface area contributed by atoms with Gasteiger partial charge in [-0.05, 0) is 12.8 Å². The molecule has 0 bridgehead atoms. The van der Waals surface area contributed by atoms with Crippen LogP contribution in [-0.2, 0) is 13.3 Å². The second-order valence-electron chi connectivity index (χ2n) is 8.77. The average molecular weight is 432 g/mol. The summed E-state index contributed by atoms with van der Waals surface area (Å²) in [6, 6.07) is 0. The van der Waals surface area contributed by atoms with Gasteiger partial charge in [-0.25, -0.2) is 0 Å². The molecule has 1 unspecified atom stereocenters. The van der Waals surface area contributed by atoms with Gasteiger partial charge in [-0.2, -0.15) is 0 Å². The maximum atomic E-state index is 6.76. The van der Waals surface area contributed by atoms with Crippen molar-refractivity contribution in [2.75, 3.05) is 21.3 Å². The number of hydrogen-bond donors (Lipinski definition) is 1. The first-order valence-electron chi connectivity index (χ1n) is 12.5. The number of rotatable bonds is 22. The van der Waals surface area contributed by atoms with E-state index in [-0.39, 0.29) is 0 Å². The smallest absolute Gasteiger partial charge is 0.376 e. The predicted octanol–water partition coefficient (Wildman–Crippen LogP) is 7.16. The van der Waals surface area contributed by atoms with E-state index < -0.39 is 14.0 Å². The highest BCUT2D eigenvalue weighted by Gasteiger charge is 2.56. The van der Waals surface area contributed by atoms with Crippen molar-refractivity contribution in [3.63, 3.8) is 0 Å². The Hall–Kier alpha value is 0.0569. The van der Waals surface area contributed by atoms with Crippen molar-refractivity contribution in [1.82, 2.24) is 0 Å². The highest BCUT2D eigenvalue weighted by atomic mass is 28.4. The molecule has 5 heteroatoms. The number of unbranched alkanes of at least 4 members (excludes halogenated alkanes) is 14. The molecule has 176 valence electrons. The summed E-state index contributed by atoms with van der Waals surface area (Å²) in [5, 5.41) is -0.476. The van der Waals surface area contributed by atoms with Crippen LogP contribution in [0.2, 0.25) is 0 Å². The minimum absolute atomic E-state index is 0.476. The van der Waals surface area contributed by atoms with E-state index in [0.29, 0.717) is 0 Å². The van der Waals surface area contributed by atoms with Gasteiger partial charge in [0.25, 0.3) is 0 Å². The topological polar surface area (TPSA) is 53.7 Å². The lowest BCUT2D eigenvalue weighted by molar-refractivity contribution is 0.0852. The Labute approximate surface area is 184 Å². The standard InChI is InChI=1S/C24H53NO3Si/c1-6-8-9-10-11-12-13-14-15-16-17-18-19-20-21-23-24(25,22-7-2)29(26-3,27-4)28-5/h6-23,25H2,1-5H3. The molecular formula is C24H53NO3Si. The van der Waals surface area contributed by atoms with Crippen molar-refractivity contribution < 1.29 is 13.3 Å². The van der Waals surface area contributed by atoms with E-state index in [1.54, 1.807) is 21.3 Å². The molecule has 1 atom stereocenters. The molecular weight excluding hydrogens is 378 g/mol. The minimum atomic E-state index is -2.82. The second-order valence-corrected chi connectivity index (χ2v) is 12.1. The molecule has 0 saturated heterocycles. The number of nitrogens with two attached hydrogens (primary N) is 1. The third-order valence-corrected chi connectivity index (χ3v) is 9.67. The van der Waals surface area contributed by atoms with E-state index in [2.05, 4.69) is 13.8 Å². The highest BCUT2D eigenvalue weighted by molar-refractivity contribution is 6.64. The predicted molar refractivity (Wildman–Crippen MR) is 128 cm³/mol. The van der Waals surface area contributed by atoms with Gasteiger partial charge in [0.2, 0.25) is 0 Å². The summed E-state index contributed by atoms with van der Waals surface area (Å²) in [5.74, 6) is 0. The van der Waals surface area contributed by atoms with E-state index in [0.717, 1.165) is 25.7 Å². The van der Waals surface area contributed by atoms with Crippen molar-refractivity contribution in [2.24, 2.45) is 5.73 Å². The lowest BCUT2D eigenvalue weighted by atomic mass is 10.0. The van der Waals surface area contributed by atoms with Gasteiger partial charge in [-0.3, -0.25) is 0 Å². The highest BCUT2D eigenvalue weighted by Crippen LogP contribution is 2.30. The molecule has 0 aliphatic carbocycles. The van der Waals surface area contributed by atoms with Crippen LogP contribution in [0.25, 0.3) is 0 Å². The molecule has 2 N–H and O–H groups in total.